The van der Waals surface area contributed by atoms with Gasteiger partial charge in [-0.25, -0.2) is 5.11 Å². The van der Waals surface area contributed by atoms with Gasteiger partial charge in [-0.3, -0.25) is 9.78 Å². The summed E-state index contributed by atoms with van der Waals surface area (Å²) >= 11 is 0. The van der Waals surface area contributed by atoms with E-state index in [4.69, 9.17) is 0 Å². The molecule has 0 atom stereocenters. The van der Waals surface area contributed by atoms with E-state index in [-0.39, 0.29) is 12.5 Å². The second-order valence-electron chi connectivity index (χ2n) is 3.82. The summed E-state index contributed by atoms with van der Waals surface area (Å²) in [5.41, 5.74) is 2.04. The molecule has 0 aliphatic rings. The van der Waals surface area contributed by atoms with E-state index in [0.717, 1.165) is 5.56 Å². The van der Waals surface area contributed by atoms with E-state index in [1.165, 1.54) is 0 Å². The maximum absolute atomic E-state index is 11.8. The summed E-state index contributed by atoms with van der Waals surface area (Å²) in [6.07, 6.45) is 2.08. The van der Waals surface area contributed by atoms with Gasteiger partial charge in [0.15, 0.2) is 0 Å². The molecule has 0 spiro atoms. The van der Waals surface area contributed by atoms with E-state index in [0.29, 0.717) is 17.8 Å². The van der Waals surface area contributed by atoms with Crippen molar-refractivity contribution in [1.82, 2.24) is 4.98 Å². The van der Waals surface area contributed by atoms with Crippen LogP contribution in [0, 0.1) is 0 Å². The number of carbonyl (C=O) groups excluding carboxylic acids is 1. The van der Waals surface area contributed by atoms with Crippen molar-refractivity contribution in [3.05, 3.63) is 59.9 Å². The minimum Gasteiger partial charge on any atom is -0.321 e. The predicted molar refractivity (Wildman–Crippen MR) is 67.9 cm³/mol. The molecule has 1 radical (unpaired) electrons. The third-order valence-corrected chi connectivity index (χ3v) is 2.50. The average Bonchev–Trinajstić information content (AvgIpc) is 2.42. The van der Waals surface area contributed by atoms with E-state index < -0.39 is 0 Å². The highest BCUT2D eigenvalue weighted by molar-refractivity contribution is 6.02. The van der Waals surface area contributed by atoms with Gasteiger partial charge in [-0.05, 0) is 36.2 Å². The molecule has 1 aromatic carbocycles. The largest absolute Gasteiger partial charge is 0.321 e. The van der Waals surface area contributed by atoms with Crippen molar-refractivity contribution in [2.24, 2.45) is 0 Å². The molecule has 4 heteroatoms. The molecule has 4 nitrogen and oxygen atoms in total. The highest BCUT2D eigenvalue weighted by Crippen LogP contribution is 2.11. The van der Waals surface area contributed by atoms with Crippen LogP contribution >= 0.6 is 0 Å². The molecule has 2 rings (SSSR count). The summed E-state index contributed by atoms with van der Waals surface area (Å²) in [4.78, 5) is 15.8. The van der Waals surface area contributed by atoms with Crippen LogP contribution < -0.4 is 5.32 Å². The van der Waals surface area contributed by atoms with Gasteiger partial charge >= 0.3 is 0 Å². The Balaban J connectivity index is 2.03. The minimum atomic E-state index is -0.243. The first-order chi connectivity index (χ1) is 8.79. The number of anilines is 1. The normalized spacial score (nSPS) is 10.1. The fraction of sp³-hybridized carbons (Fsp3) is 0.143. The van der Waals surface area contributed by atoms with Crippen molar-refractivity contribution < 1.29 is 9.90 Å². The molecule has 0 saturated heterocycles. The van der Waals surface area contributed by atoms with Crippen LogP contribution in [0.1, 0.15) is 16.1 Å². The first-order valence-corrected chi connectivity index (χ1v) is 5.69. The molecular weight excluding hydrogens is 228 g/mol. The van der Waals surface area contributed by atoms with Crippen LogP contribution in [-0.2, 0) is 11.5 Å². The first kappa shape index (κ1) is 12.3. The molecule has 0 saturated carbocycles. The van der Waals surface area contributed by atoms with Crippen LogP contribution in [0.4, 0.5) is 5.69 Å². The standard InChI is InChI=1S/C14H13N2O2/c17-10-8-11-4-6-12(7-5-11)16-14(18)13-3-1-2-9-15-13/h1-7,9H,8,10H2,(H,16,18). The molecule has 18 heavy (non-hydrogen) atoms. The maximum Gasteiger partial charge on any atom is 0.274 e. The average molecular weight is 241 g/mol. The third-order valence-electron chi connectivity index (χ3n) is 2.50. The van der Waals surface area contributed by atoms with Crippen molar-refractivity contribution in [2.45, 2.75) is 6.42 Å². The topological polar surface area (TPSA) is 61.9 Å². The molecule has 1 heterocycles. The number of hydrogen-bond donors (Lipinski definition) is 1. The molecule has 2 aromatic rings. The van der Waals surface area contributed by atoms with E-state index in [9.17, 15) is 9.90 Å². The van der Waals surface area contributed by atoms with Gasteiger partial charge in [0.2, 0.25) is 0 Å². The zero-order valence-electron chi connectivity index (χ0n) is 9.80. The predicted octanol–water partition coefficient (Wildman–Crippen LogP) is 2.31. The van der Waals surface area contributed by atoms with Gasteiger partial charge in [0, 0.05) is 11.9 Å². The summed E-state index contributed by atoms with van der Waals surface area (Å²) < 4.78 is 0. The summed E-state index contributed by atoms with van der Waals surface area (Å²) in [7, 11) is 0. The lowest BCUT2D eigenvalue weighted by molar-refractivity contribution is 0.102. The quantitative estimate of drug-likeness (QED) is 0.892. The van der Waals surface area contributed by atoms with Crippen molar-refractivity contribution >= 4 is 11.6 Å². The molecular formula is C14H13N2O2. The fourth-order valence-electron chi connectivity index (χ4n) is 1.56. The number of nitrogens with one attached hydrogen (secondary N) is 1. The summed E-state index contributed by atoms with van der Waals surface area (Å²) in [5.74, 6) is -0.243. The Morgan fingerprint density at radius 3 is 2.50 bits per heavy atom. The van der Waals surface area contributed by atoms with E-state index in [2.05, 4.69) is 10.3 Å². The van der Waals surface area contributed by atoms with Crippen LogP contribution in [0.2, 0.25) is 0 Å². The van der Waals surface area contributed by atoms with E-state index in [1.807, 2.05) is 12.1 Å². The van der Waals surface area contributed by atoms with Gasteiger partial charge in [-0.15, -0.1) is 0 Å². The van der Waals surface area contributed by atoms with Gasteiger partial charge in [0.05, 0.1) is 6.61 Å². The van der Waals surface area contributed by atoms with Crippen molar-refractivity contribution in [3.63, 3.8) is 0 Å². The van der Waals surface area contributed by atoms with E-state index in [1.54, 1.807) is 36.5 Å². The second kappa shape index (κ2) is 5.93. The Morgan fingerprint density at radius 1 is 1.11 bits per heavy atom. The Labute approximate surface area is 105 Å². The number of pyridine rings is 1. The molecule has 0 fully saturated rings. The van der Waals surface area contributed by atoms with Gasteiger partial charge in [-0.2, -0.15) is 0 Å². The SMILES string of the molecule is [O]CCc1ccc(NC(=O)c2ccccn2)cc1. The minimum absolute atomic E-state index is 0.125. The van der Waals surface area contributed by atoms with Crippen LogP contribution in [0.3, 0.4) is 0 Å². The van der Waals surface area contributed by atoms with Gasteiger partial charge in [0.25, 0.3) is 5.91 Å². The lowest BCUT2D eigenvalue weighted by atomic mass is 10.1. The molecule has 0 unspecified atom stereocenters. The van der Waals surface area contributed by atoms with E-state index >= 15 is 0 Å². The van der Waals surface area contributed by atoms with Crippen LogP contribution in [0.25, 0.3) is 0 Å². The molecule has 1 N–H and O–H groups in total. The lowest BCUT2D eigenvalue weighted by Crippen LogP contribution is -2.13. The molecule has 1 amide bonds. The Hall–Kier alpha value is -2.20. The zero-order valence-corrected chi connectivity index (χ0v) is 9.80. The number of carbonyl (C=O) groups is 1. The Bertz CT molecular complexity index is 509. The maximum atomic E-state index is 11.8. The second-order valence-corrected chi connectivity index (χ2v) is 3.82. The van der Waals surface area contributed by atoms with Crippen molar-refractivity contribution in [1.29, 1.82) is 0 Å². The zero-order chi connectivity index (χ0) is 12.8. The van der Waals surface area contributed by atoms with Crippen LogP contribution in [0.5, 0.6) is 0 Å². The number of aromatic nitrogens is 1. The number of amides is 1. The van der Waals surface area contributed by atoms with Crippen molar-refractivity contribution in [3.8, 4) is 0 Å². The third kappa shape index (κ3) is 3.15. The number of rotatable bonds is 4. The highest BCUT2D eigenvalue weighted by atomic mass is 16.2. The van der Waals surface area contributed by atoms with Crippen LogP contribution in [-0.4, -0.2) is 17.5 Å². The molecule has 1 aromatic heterocycles. The Kier molecular flexibility index (Phi) is 4.04. The molecule has 0 aliphatic carbocycles. The lowest BCUT2D eigenvalue weighted by Gasteiger charge is -2.05. The number of hydrogen-bond acceptors (Lipinski definition) is 2. The van der Waals surface area contributed by atoms with Gasteiger partial charge < -0.3 is 5.32 Å². The smallest absolute Gasteiger partial charge is 0.274 e. The number of benzene rings is 1. The molecule has 0 aliphatic heterocycles. The van der Waals surface area contributed by atoms with Crippen molar-refractivity contribution in [2.75, 3.05) is 11.9 Å². The Morgan fingerprint density at radius 2 is 1.89 bits per heavy atom. The highest BCUT2D eigenvalue weighted by Gasteiger charge is 2.06. The van der Waals surface area contributed by atoms with Gasteiger partial charge in [-0.1, -0.05) is 18.2 Å². The fourth-order valence-corrected chi connectivity index (χ4v) is 1.56. The van der Waals surface area contributed by atoms with Gasteiger partial charge in [0.1, 0.15) is 5.69 Å². The summed E-state index contributed by atoms with van der Waals surface area (Å²) in [5, 5.41) is 13.2. The first-order valence-electron chi connectivity index (χ1n) is 5.69. The summed E-state index contributed by atoms with van der Waals surface area (Å²) in [6.45, 7) is -0.125. The summed E-state index contributed by atoms with van der Waals surface area (Å²) in [6, 6.07) is 12.4. The molecule has 0 bridgehead atoms. The van der Waals surface area contributed by atoms with Crippen LogP contribution in [0.15, 0.2) is 48.7 Å². The molecule has 91 valence electrons. The number of nitrogens with zero attached hydrogens (tertiary/aromatic N) is 1. The monoisotopic (exact) mass is 241 g/mol.